The molecule has 6 rings (SSSR count). The molecule has 2 saturated carbocycles. The van der Waals surface area contributed by atoms with Crippen molar-refractivity contribution < 1.29 is 0 Å². The fourth-order valence-corrected chi connectivity index (χ4v) is 7.49. The van der Waals surface area contributed by atoms with E-state index in [1.165, 1.54) is 12.8 Å². The first-order valence-electron chi connectivity index (χ1n) is 11.3. The minimum absolute atomic E-state index is 0.709. The Balaban J connectivity index is 1.25. The van der Waals surface area contributed by atoms with Gasteiger partial charge in [0.1, 0.15) is 0 Å². The van der Waals surface area contributed by atoms with E-state index in [0.717, 1.165) is 35.5 Å². The maximum absolute atomic E-state index is 2.52. The Morgan fingerprint density at radius 2 is 0.500 bits per heavy atom. The quantitative estimate of drug-likeness (QED) is 0.538. The van der Waals surface area contributed by atoms with Crippen molar-refractivity contribution >= 4 is 0 Å². The molecule has 2 unspecified atom stereocenters. The molecule has 0 spiro atoms. The number of fused-ring (bicyclic) bond motifs is 6. The summed E-state index contributed by atoms with van der Waals surface area (Å²) in [5.41, 5.74) is 0. The van der Waals surface area contributed by atoms with E-state index < -0.39 is 0 Å². The SMILES string of the molecule is C1=C[C@@H]2[C@@H]3C=CC=C[C@@H]3C(CCC3[C@H]4C=CC=C[C@H]4[C@H]4C=CC=C[C@@H]34)[C@H]2C=C1. The molecule has 28 heavy (non-hydrogen) atoms. The van der Waals surface area contributed by atoms with E-state index in [0.29, 0.717) is 23.7 Å². The molecule has 0 aromatic heterocycles. The zero-order valence-corrected chi connectivity index (χ0v) is 16.4. The molecule has 0 amide bonds. The van der Waals surface area contributed by atoms with Crippen LogP contribution in [0.1, 0.15) is 12.8 Å². The minimum atomic E-state index is 0.709. The number of allylic oxidation sites excluding steroid dienone is 16. The Morgan fingerprint density at radius 1 is 0.286 bits per heavy atom. The van der Waals surface area contributed by atoms with Gasteiger partial charge in [-0.3, -0.25) is 0 Å². The van der Waals surface area contributed by atoms with Crippen LogP contribution in [0.15, 0.2) is 97.2 Å². The summed E-state index contributed by atoms with van der Waals surface area (Å²) in [6.45, 7) is 0. The second-order valence-electron chi connectivity index (χ2n) is 9.60. The Bertz CT molecular complexity index is 716. The van der Waals surface area contributed by atoms with Crippen LogP contribution < -0.4 is 0 Å². The third-order valence-corrected chi connectivity index (χ3v) is 8.59. The average Bonchev–Trinajstić information content (AvgIpc) is 3.26. The fraction of sp³-hybridized carbons (Fsp3) is 0.429. The van der Waals surface area contributed by atoms with E-state index in [1.807, 2.05) is 0 Å². The van der Waals surface area contributed by atoms with E-state index in [2.05, 4.69) is 97.2 Å². The van der Waals surface area contributed by atoms with Crippen molar-refractivity contribution in [2.45, 2.75) is 12.8 Å². The van der Waals surface area contributed by atoms with Crippen LogP contribution in [0, 0.1) is 59.2 Å². The molecule has 0 aliphatic heterocycles. The van der Waals surface area contributed by atoms with Gasteiger partial charge in [-0.15, -0.1) is 0 Å². The number of hydrogen-bond acceptors (Lipinski definition) is 0. The van der Waals surface area contributed by atoms with Gasteiger partial charge in [0.15, 0.2) is 0 Å². The maximum atomic E-state index is 2.52. The monoisotopic (exact) mass is 366 g/mol. The highest BCUT2D eigenvalue weighted by Crippen LogP contribution is 2.56. The summed E-state index contributed by atoms with van der Waals surface area (Å²) in [7, 11) is 0. The van der Waals surface area contributed by atoms with E-state index >= 15 is 0 Å². The van der Waals surface area contributed by atoms with Gasteiger partial charge in [0.2, 0.25) is 0 Å². The Morgan fingerprint density at radius 3 is 0.750 bits per heavy atom. The van der Waals surface area contributed by atoms with Crippen LogP contribution in [0.4, 0.5) is 0 Å². The van der Waals surface area contributed by atoms with Crippen molar-refractivity contribution in [3.8, 4) is 0 Å². The summed E-state index contributed by atoms with van der Waals surface area (Å²) >= 11 is 0. The van der Waals surface area contributed by atoms with Crippen LogP contribution in [-0.2, 0) is 0 Å². The first kappa shape index (κ1) is 16.8. The predicted octanol–water partition coefficient (Wildman–Crippen LogP) is 6.46. The minimum Gasteiger partial charge on any atom is -0.0805 e. The molecule has 0 bridgehead atoms. The molecule has 2 fully saturated rings. The lowest BCUT2D eigenvalue weighted by Crippen LogP contribution is -2.21. The van der Waals surface area contributed by atoms with E-state index in [-0.39, 0.29) is 0 Å². The van der Waals surface area contributed by atoms with Gasteiger partial charge in [-0.1, -0.05) is 97.2 Å². The summed E-state index contributed by atoms with van der Waals surface area (Å²) in [4.78, 5) is 0. The van der Waals surface area contributed by atoms with Crippen LogP contribution >= 0.6 is 0 Å². The van der Waals surface area contributed by atoms with E-state index in [9.17, 15) is 0 Å². The smallest absolute Gasteiger partial charge is 0.00956 e. The largest absolute Gasteiger partial charge is 0.0805 e. The van der Waals surface area contributed by atoms with Crippen LogP contribution in [0.3, 0.4) is 0 Å². The highest BCUT2D eigenvalue weighted by atomic mass is 14.5. The highest BCUT2D eigenvalue weighted by Gasteiger charge is 2.50. The van der Waals surface area contributed by atoms with Gasteiger partial charge in [-0.05, 0) is 72.0 Å². The lowest BCUT2D eigenvalue weighted by molar-refractivity contribution is 0.272. The molecular weight excluding hydrogens is 336 g/mol. The summed E-state index contributed by atoms with van der Waals surface area (Å²) < 4.78 is 0. The zero-order chi connectivity index (χ0) is 18.5. The van der Waals surface area contributed by atoms with Crippen molar-refractivity contribution in [1.82, 2.24) is 0 Å². The first-order chi connectivity index (χ1) is 13.9. The van der Waals surface area contributed by atoms with Crippen LogP contribution in [0.5, 0.6) is 0 Å². The molecule has 0 heteroatoms. The van der Waals surface area contributed by atoms with Crippen molar-refractivity contribution in [1.29, 1.82) is 0 Å². The summed E-state index contributed by atoms with van der Waals surface area (Å²) in [5.74, 6) is 7.32. The van der Waals surface area contributed by atoms with Gasteiger partial charge in [-0.2, -0.15) is 0 Å². The summed E-state index contributed by atoms with van der Waals surface area (Å²) in [5, 5.41) is 0. The number of rotatable bonds is 3. The van der Waals surface area contributed by atoms with Gasteiger partial charge in [0.25, 0.3) is 0 Å². The Hall–Kier alpha value is -2.08. The second-order valence-corrected chi connectivity index (χ2v) is 9.60. The lowest BCUT2D eigenvalue weighted by atomic mass is 9.75. The highest BCUT2D eigenvalue weighted by molar-refractivity contribution is 5.30. The van der Waals surface area contributed by atoms with Gasteiger partial charge >= 0.3 is 0 Å². The van der Waals surface area contributed by atoms with E-state index in [1.54, 1.807) is 0 Å². The van der Waals surface area contributed by atoms with Crippen LogP contribution in [0.25, 0.3) is 0 Å². The maximum Gasteiger partial charge on any atom is -0.00956 e. The molecule has 0 aromatic carbocycles. The fourth-order valence-electron chi connectivity index (χ4n) is 7.49. The average molecular weight is 367 g/mol. The van der Waals surface area contributed by atoms with Crippen molar-refractivity contribution in [2.75, 3.05) is 0 Å². The summed E-state index contributed by atoms with van der Waals surface area (Å²) in [6, 6.07) is 0. The van der Waals surface area contributed by atoms with Crippen molar-refractivity contribution in [2.24, 2.45) is 59.2 Å². The molecule has 10 atom stereocenters. The molecule has 0 heterocycles. The molecule has 142 valence electrons. The molecule has 0 nitrogen and oxygen atoms in total. The van der Waals surface area contributed by atoms with Crippen molar-refractivity contribution in [3.05, 3.63) is 97.2 Å². The molecule has 0 radical (unpaired) electrons. The first-order valence-corrected chi connectivity index (χ1v) is 11.3. The molecular formula is C28H30. The standard InChI is InChI=1S/C28H30/c1-5-13-23-19(9-1)20-10-2-6-14-24(20)27(23)17-18-28-25-15-7-3-11-21(25)22-12-4-8-16-26(22)28/h1-16,19-28H,17-18H2/t19-,20+,21-,22+,23-,24-,25-,26+,27?,28?/m0/s1. The molecule has 6 aliphatic carbocycles. The lowest BCUT2D eigenvalue weighted by Gasteiger charge is -2.29. The summed E-state index contributed by atoms with van der Waals surface area (Å²) in [6.07, 6.45) is 41.0. The van der Waals surface area contributed by atoms with E-state index in [4.69, 9.17) is 0 Å². The van der Waals surface area contributed by atoms with Gasteiger partial charge < -0.3 is 0 Å². The zero-order valence-electron chi connectivity index (χ0n) is 16.4. The third-order valence-electron chi connectivity index (χ3n) is 8.59. The Kier molecular flexibility index (Phi) is 4.07. The molecule has 0 aromatic rings. The molecule has 6 aliphatic rings. The Labute approximate surface area is 169 Å². The molecule has 0 saturated heterocycles. The normalized spacial score (nSPS) is 46.6. The van der Waals surface area contributed by atoms with Crippen LogP contribution in [0.2, 0.25) is 0 Å². The number of hydrogen-bond donors (Lipinski definition) is 0. The third kappa shape index (κ3) is 2.50. The van der Waals surface area contributed by atoms with Gasteiger partial charge in [0.05, 0.1) is 0 Å². The van der Waals surface area contributed by atoms with Gasteiger partial charge in [0, 0.05) is 0 Å². The van der Waals surface area contributed by atoms with Gasteiger partial charge in [-0.25, -0.2) is 0 Å². The predicted molar refractivity (Wildman–Crippen MR) is 117 cm³/mol. The van der Waals surface area contributed by atoms with Crippen LogP contribution in [-0.4, -0.2) is 0 Å². The molecule has 0 N–H and O–H groups in total. The second kappa shape index (κ2) is 6.76. The topological polar surface area (TPSA) is 0 Å². The van der Waals surface area contributed by atoms with Crippen molar-refractivity contribution in [3.63, 3.8) is 0 Å².